The Bertz CT molecular complexity index is 1210. The van der Waals surface area contributed by atoms with E-state index >= 15 is 0 Å². The summed E-state index contributed by atoms with van der Waals surface area (Å²) in [5.74, 6) is -1.10. The SMILES string of the molecule is C[C@]1(c2ccccc2)C(=O)N(S(=O)(=O)C(F)(F)F)[C@@H]1c1ccc2ccccc2c1. The molecule has 1 fully saturated rings. The molecule has 3 aromatic carbocycles. The van der Waals surface area contributed by atoms with Gasteiger partial charge in [-0.05, 0) is 34.9 Å². The van der Waals surface area contributed by atoms with Crippen LogP contribution in [-0.2, 0) is 20.2 Å². The minimum absolute atomic E-state index is 0.0237. The molecule has 1 saturated heterocycles. The summed E-state index contributed by atoms with van der Waals surface area (Å²) in [5.41, 5.74) is -6.24. The highest BCUT2D eigenvalue weighted by Gasteiger charge is 2.68. The Morgan fingerprint density at radius 3 is 2.10 bits per heavy atom. The number of halogens is 3. The number of amides is 1. The first kappa shape index (κ1) is 19.4. The van der Waals surface area contributed by atoms with Gasteiger partial charge in [-0.3, -0.25) is 4.79 Å². The zero-order valence-corrected chi connectivity index (χ0v) is 16.0. The van der Waals surface area contributed by atoms with Crippen LogP contribution in [0.2, 0.25) is 0 Å². The van der Waals surface area contributed by atoms with Gasteiger partial charge in [-0.15, -0.1) is 0 Å². The lowest BCUT2D eigenvalue weighted by Crippen LogP contribution is -2.68. The molecule has 4 rings (SSSR count). The van der Waals surface area contributed by atoms with Gasteiger partial charge in [0.2, 0.25) is 5.91 Å². The predicted octanol–water partition coefficient (Wildman–Crippen LogP) is 4.53. The number of hydrogen-bond acceptors (Lipinski definition) is 3. The average Bonchev–Trinajstić information content (AvgIpc) is 2.70. The number of nitrogens with zero attached hydrogens (tertiary/aromatic N) is 1. The summed E-state index contributed by atoms with van der Waals surface area (Å²) >= 11 is 0. The van der Waals surface area contributed by atoms with E-state index in [9.17, 15) is 26.4 Å². The molecule has 29 heavy (non-hydrogen) atoms. The molecule has 0 spiro atoms. The predicted molar refractivity (Wildman–Crippen MR) is 102 cm³/mol. The molecule has 0 bridgehead atoms. The Hall–Kier alpha value is -2.87. The van der Waals surface area contributed by atoms with Crippen LogP contribution in [0.4, 0.5) is 13.2 Å². The highest BCUT2D eigenvalue weighted by Crippen LogP contribution is 2.55. The van der Waals surface area contributed by atoms with Crippen LogP contribution < -0.4 is 0 Å². The van der Waals surface area contributed by atoms with Gasteiger partial charge in [-0.1, -0.05) is 66.7 Å². The molecule has 0 aromatic heterocycles. The smallest absolute Gasteiger partial charge is 0.273 e. The first-order chi connectivity index (χ1) is 13.6. The molecule has 1 amide bonds. The maximum absolute atomic E-state index is 13.3. The van der Waals surface area contributed by atoms with E-state index in [1.807, 2.05) is 12.1 Å². The van der Waals surface area contributed by atoms with E-state index in [1.54, 1.807) is 60.7 Å². The number of rotatable bonds is 3. The Labute approximate surface area is 165 Å². The molecule has 150 valence electrons. The fourth-order valence-electron chi connectivity index (χ4n) is 3.90. The number of sulfonamides is 1. The molecule has 0 unspecified atom stereocenters. The molecule has 1 heterocycles. The molecule has 8 heteroatoms. The van der Waals surface area contributed by atoms with Crippen molar-refractivity contribution >= 4 is 26.7 Å². The first-order valence-corrected chi connectivity index (χ1v) is 10.2. The van der Waals surface area contributed by atoms with Crippen LogP contribution in [0.5, 0.6) is 0 Å². The fraction of sp³-hybridized carbons (Fsp3) is 0.190. The van der Waals surface area contributed by atoms with Crippen molar-refractivity contribution in [1.29, 1.82) is 0 Å². The third-order valence-electron chi connectivity index (χ3n) is 5.44. The molecule has 3 aromatic rings. The van der Waals surface area contributed by atoms with E-state index in [4.69, 9.17) is 0 Å². The monoisotopic (exact) mass is 419 g/mol. The molecule has 1 aliphatic rings. The molecule has 2 atom stereocenters. The number of carbonyl (C=O) groups excluding carboxylic acids is 1. The fourth-order valence-corrected chi connectivity index (χ4v) is 5.14. The Kier molecular flexibility index (Phi) is 4.24. The van der Waals surface area contributed by atoms with Gasteiger partial charge in [0.05, 0.1) is 11.5 Å². The van der Waals surface area contributed by atoms with Gasteiger partial charge >= 0.3 is 15.5 Å². The van der Waals surface area contributed by atoms with Gasteiger partial charge in [0, 0.05) is 0 Å². The largest absolute Gasteiger partial charge is 0.516 e. The van der Waals surface area contributed by atoms with Gasteiger partial charge in [-0.2, -0.15) is 21.6 Å². The highest BCUT2D eigenvalue weighted by molar-refractivity contribution is 7.90. The van der Waals surface area contributed by atoms with Crippen LogP contribution in [0.25, 0.3) is 10.8 Å². The molecule has 0 aliphatic carbocycles. The van der Waals surface area contributed by atoms with Crippen molar-refractivity contribution in [2.75, 3.05) is 0 Å². The van der Waals surface area contributed by atoms with Crippen molar-refractivity contribution in [3.63, 3.8) is 0 Å². The van der Waals surface area contributed by atoms with Gasteiger partial charge in [0.15, 0.2) is 0 Å². The first-order valence-electron chi connectivity index (χ1n) is 8.78. The number of benzene rings is 3. The standard InChI is InChI=1S/C21H16F3NO3S/c1-20(17-9-3-2-4-10-17)18(25(19(20)26)29(27,28)21(22,23)24)16-12-11-14-7-5-6-8-15(14)13-16/h2-13,18H,1H3/t18-,20-/m1/s1. The summed E-state index contributed by atoms with van der Waals surface area (Å²) < 4.78 is 64.2. The number of carbonyl (C=O) groups is 1. The van der Waals surface area contributed by atoms with E-state index in [-0.39, 0.29) is 4.31 Å². The van der Waals surface area contributed by atoms with E-state index in [2.05, 4.69) is 0 Å². The van der Waals surface area contributed by atoms with Crippen LogP contribution in [0, 0.1) is 0 Å². The van der Waals surface area contributed by atoms with Gasteiger partial charge in [0.1, 0.15) is 0 Å². The second-order valence-electron chi connectivity index (χ2n) is 7.13. The summed E-state index contributed by atoms with van der Waals surface area (Å²) in [6.45, 7) is 1.48. The number of alkyl halides is 3. The zero-order chi connectivity index (χ0) is 21.0. The molecule has 4 nitrogen and oxygen atoms in total. The Balaban J connectivity index is 1.93. The van der Waals surface area contributed by atoms with E-state index < -0.39 is 32.9 Å². The third-order valence-corrected chi connectivity index (χ3v) is 6.92. The van der Waals surface area contributed by atoms with Crippen molar-refractivity contribution in [2.24, 2.45) is 0 Å². The molecular formula is C21H16F3NO3S. The van der Waals surface area contributed by atoms with Crippen LogP contribution in [0.15, 0.2) is 72.8 Å². The molecule has 0 saturated carbocycles. The number of fused-ring (bicyclic) bond motifs is 1. The van der Waals surface area contributed by atoms with Crippen LogP contribution >= 0.6 is 0 Å². The Morgan fingerprint density at radius 2 is 1.48 bits per heavy atom. The molecule has 1 aliphatic heterocycles. The van der Waals surface area contributed by atoms with E-state index in [0.29, 0.717) is 11.1 Å². The second-order valence-corrected chi connectivity index (χ2v) is 8.94. The Morgan fingerprint density at radius 1 is 0.897 bits per heavy atom. The third kappa shape index (κ3) is 2.73. The lowest BCUT2D eigenvalue weighted by Gasteiger charge is -2.53. The van der Waals surface area contributed by atoms with Gasteiger partial charge in [-0.25, -0.2) is 4.31 Å². The van der Waals surface area contributed by atoms with Crippen LogP contribution in [-0.4, -0.2) is 24.1 Å². The zero-order valence-electron chi connectivity index (χ0n) is 15.2. The summed E-state index contributed by atoms with van der Waals surface area (Å²) in [6, 6.07) is 19.1. The minimum atomic E-state index is -5.83. The molecular weight excluding hydrogens is 403 g/mol. The lowest BCUT2D eigenvalue weighted by molar-refractivity contribution is -0.152. The number of β-lactam (4-membered cyclic amide) rings is 1. The van der Waals surface area contributed by atoms with Gasteiger partial charge in [0.25, 0.3) is 0 Å². The summed E-state index contributed by atoms with van der Waals surface area (Å²) in [4.78, 5) is 12.9. The van der Waals surface area contributed by atoms with E-state index in [1.165, 1.54) is 6.92 Å². The van der Waals surface area contributed by atoms with E-state index in [0.717, 1.165) is 10.8 Å². The van der Waals surface area contributed by atoms with Crippen molar-refractivity contribution in [1.82, 2.24) is 4.31 Å². The van der Waals surface area contributed by atoms with Crippen molar-refractivity contribution in [3.05, 3.63) is 83.9 Å². The maximum Gasteiger partial charge on any atom is 0.516 e. The summed E-state index contributed by atoms with van der Waals surface area (Å²) in [6.07, 6.45) is 0. The minimum Gasteiger partial charge on any atom is -0.273 e. The summed E-state index contributed by atoms with van der Waals surface area (Å²) in [7, 11) is -5.83. The van der Waals surface area contributed by atoms with Crippen molar-refractivity contribution < 1.29 is 26.4 Å². The normalized spacial score (nSPS) is 22.6. The number of hydrogen-bond donors (Lipinski definition) is 0. The van der Waals surface area contributed by atoms with Crippen LogP contribution in [0.1, 0.15) is 24.1 Å². The summed E-state index contributed by atoms with van der Waals surface area (Å²) in [5, 5.41) is 1.60. The average molecular weight is 419 g/mol. The lowest BCUT2D eigenvalue weighted by atomic mass is 9.66. The van der Waals surface area contributed by atoms with Crippen molar-refractivity contribution in [2.45, 2.75) is 23.9 Å². The highest BCUT2D eigenvalue weighted by atomic mass is 32.2. The second kappa shape index (κ2) is 6.32. The topological polar surface area (TPSA) is 54.5 Å². The quantitative estimate of drug-likeness (QED) is 0.586. The van der Waals surface area contributed by atoms with Crippen LogP contribution in [0.3, 0.4) is 0 Å². The maximum atomic E-state index is 13.3. The molecule has 0 N–H and O–H groups in total. The van der Waals surface area contributed by atoms with Gasteiger partial charge < -0.3 is 0 Å². The molecule has 0 radical (unpaired) electrons. The van der Waals surface area contributed by atoms with Crippen molar-refractivity contribution in [3.8, 4) is 0 Å².